The minimum Gasteiger partial charge on any atom is -0.364 e. The van der Waals surface area contributed by atoms with Crippen molar-refractivity contribution in [3.8, 4) is 0 Å². The summed E-state index contributed by atoms with van der Waals surface area (Å²) in [6, 6.07) is 0. The number of nitrogens with zero attached hydrogens (tertiary/aromatic N) is 2. The molecule has 2 aromatic heterocycles. The second kappa shape index (κ2) is 2.79. The first-order valence-corrected chi connectivity index (χ1v) is 3.73. The molecule has 0 aliphatic carbocycles. The second-order valence-corrected chi connectivity index (χ2v) is 2.97. The van der Waals surface area contributed by atoms with Gasteiger partial charge in [-0.05, 0) is 0 Å². The summed E-state index contributed by atoms with van der Waals surface area (Å²) in [5.41, 5.74) is 0. The molecule has 0 aromatic carbocycles. The molecule has 0 saturated heterocycles. The van der Waals surface area contributed by atoms with E-state index in [1.807, 2.05) is 0 Å². The summed E-state index contributed by atoms with van der Waals surface area (Å²) in [6.45, 7) is 0. The molecule has 0 fully saturated rings. The Morgan fingerprint density at radius 1 is 1.00 bits per heavy atom. The topological polar surface area (TPSA) is 52.1 Å². The summed E-state index contributed by atoms with van der Waals surface area (Å²) >= 11 is 1.49. The lowest BCUT2D eigenvalue weighted by molar-refractivity contribution is 0.417. The zero-order chi connectivity index (χ0) is 7.52. The zero-order valence-electron chi connectivity index (χ0n) is 5.43. The van der Waals surface area contributed by atoms with Crippen LogP contribution in [0.2, 0.25) is 0 Å². The third-order valence-corrected chi connectivity index (χ3v) is 1.93. The Labute approximate surface area is 66.5 Å². The predicted octanol–water partition coefficient (Wildman–Crippen LogP) is 1.81. The average Bonchev–Trinajstić information content (AvgIpc) is 2.60. The smallest absolute Gasteiger partial charge is 0.137 e. The summed E-state index contributed by atoms with van der Waals surface area (Å²) in [7, 11) is 0. The fraction of sp³-hybridized carbons (Fsp3) is 0. The molecule has 0 amide bonds. The van der Waals surface area contributed by atoms with E-state index in [4.69, 9.17) is 0 Å². The first kappa shape index (κ1) is 6.48. The van der Waals surface area contributed by atoms with E-state index < -0.39 is 0 Å². The third-order valence-electron chi connectivity index (χ3n) is 1.06. The lowest BCUT2D eigenvalue weighted by Crippen LogP contribution is -1.61. The number of hydrogen-bond donors (Lipinski definition) is 0. The molecular weight excluding hydrogens is 164 g/mol. The van der Waals surface area contributed by atoms with E-state index in [0.29, 0.717) is 0 Å². The standard InChI is InChI=1S/C6H4N2O2S/c1-5(3-9-7-1)11-6-2-8-10-4-6/h1-4H. The molecule has 0 N–H and O–H groups in total. The summed E-state index contributed by atoms with van der Waals surface area (Å²) in [6.07, 6.45) is 6.41. The summed E-state index contributed by atoms with van der Waals surface area (Å²) in [4.78, 5) is 1.88. The van der Waals surface area contributed by atoms with Gasteiger partial charge in [-0.3, -0.25) is 0 Å². The number of rotatable bonds is 2. The molecule has 0 bridgehead atoms. The molecule has 11 heavy (non-hydrogen) atoms. The van der Waals surface area contributed by atoms with Crippen molar-refractivity contribution in [1.82, 2.24) is 10.3 Å². The molecule has 2 heterocycles. The lowest BCUT2D eigenvalue weighted by Gasteiger charge is -1.85. The molecule has 0 unspecified atom stereocenters. The van der Waals surface area contributed by atoms with E-state index in [2.05, 4.69) is 19.4 Å². The molecule has 2 rings (SSSR count). The van der Waals surface area contributed by atoms with Gasteiger partial charge in [-0.1, -0.05) is 22.1 Å². The van der Waals surface area contributed by atoms with Crippen molar-refractivity contribution < 1.29 is 9.05 Å². The highest BCUT2D eigenvalue weighted by Gasteiger charge is 2.00. The Bertz CT molecular complexity index is 271. The van der Waals surface area contributed by atoms with Crippen molar-refractivity contribution in [2.24, 2.45) is 0 Å². The Hall–Kier alpha value is -1.23. The molecule has 0 radical (unpaired) electrons. The van der Waals surface area contributed by atoms with Gasteiger partial charge >= 0.3 is 0 Å². The monoisotopic (exact) mass is 168 g/mol. The first-order chi connectivity index (χ1) is 5.45. The van der Waals surface area contributed by atoms with Crippen molar-refractivity contribution in [2.75, 3.05) is 0 Å². The van der Waals surface area contributed by atoms with Crippen LogP contribution in [-0.4, -0.2) is 10.3 Å². The van der Waals surface area contributed by atoms with Crippen molar-refractivity contribution in [3.05, 3.63) is 24.9 Å². The first-order valence-electron chi connectivity index (χ1n) is 2.92. The van der Waals surface area contributed by atoms with Gasteiger partial charge < -0.3 is 9.05 Å². The van der Waals surface area contributed by atoms with Crippen LogP contribution in [0.3, 0.4) is 0 Å². The highest BCUT2D eigenvalue weighted by Crippen LogP contribution is 2.25. The molecular formula is C6H4N2O2S. The quantitative estimate of drug-likeness (QED) is 0.684. The second-order valence-electron chi connectivity index (χ2n) is 1.82. The maximum Gasteiger partial charge on any atom is 0.137 e. The molecule has 56 valence electrons. The van der Waals surface area contributed by atoms with E-state index in [9.17, 15) is 0 Å². The molecule has 5 heteroatoms. The molecule has 0 aliphatic heterocycles. The predicted molar refractivity (Wildman–Crippen MR) is 37.1 cm³/mol. The van der Waals surface area contributed by atoms with Gasteiger partial charge in [0.05, 0.1) is 22.2 Å². The zero-order valence-corrected chi connectivity index (χ0v) is 6.25. The molecule has 0 atom stereocenters. The van der Waals surface area contributed by atoms with Crippen molar-refractivity contribution >= 4 is 11.8 Å². The average molecular weight is 168 g/mol. The van der Waals surface area contributed by atoms with Crippen LogP contribution in [0.5, 0.6) is 0 Å². The summed E-state index contributed by atoms with van der Waals surface area (Å²) in [5, 5.41) is 7.11. The molecule has 0 aliphatic rings. The highest BCUT2D eigenvalue weighted by molar-refractivity contribution is 7.99. The third kappa shape index (κ3) is 1.43. The Morgan fingerprint density at radius 2 is 1.55 bits per heavy atom. The van der Waals surface area contributed by atoms with Crippen LogP contribution in [0.4, 0.5) is 0 Å². The van der Waals surface area contributed by atoms with Gasteiger partial charge in [0.2, 0.25) is 0 Å². The number of hydrogen-bond acceptors (Lipinski definition) is 5. The Kier molecular flexibility index (Phi) is 1.64. The van der Waals surface area contributed by atoms with Gasteiger partial charge in [0.15, 0.2) is 0 Å². The fourth-order valence-corrected chi connectivity index (χ4v) is 1.27. The Morgan fingerprint density at radius 3 is 1.91 bits per heavy atom. The van der Waals surface area contributed by atoms with Crippen LogP contribution in [-0.2, 0) is 0 Å². The van der Waals surface area contributed by atoms with Gasteiger partial charge in [0.1, 0.15) is 12.5 Å². The van der Waals surface area contributed by atoms with Crippen LogP contribution in [0, 0.1) is 0 Å². The molecule has 0 spiro atoms. The maximum absolute atomic E-state index is 4.64. The Balaban J connectivity index is 2.14. The van der Waals surface area contributed by atoms with E-state index in [-0.39, 0.29) is 0 Å². The van der Waals surface area contributed by atoms with Crippen molar-refractivity contribution in [1.29, 1.82) is 0 Å². The maximum atomic E-state index is 4.64. The van der Waals surface area contributed by atoms with E-state index in [1.54, 1.807) is 24.9 Å². The van der Waals surface area contributed by atoms with Gasteiger partial charge in [-0.15, -0.1) is 0 Å². The van der Waals surface area contributed by atoms with Crippen molar-refractivity contribution in [3.63, 3.8) is 0 Å². The van der Waals surface area contributed by atoms with E-state index in [0.717, 1.165) is 9.79 Å². The van der Waals surface area contributed by atoms with Crippen LogP contribution in [0.15, 0.2) is 43.8 Å². The largest absolute Gasteiger partial charge is 0.364 e. The van der Waals surface area contributed by atoms with Gasteiger partial charge in [-0.2, -0.15) is 0 Å². The lowest BCUT2D eigenvalue weighted by atomic mass is 10.7. The normalized spacial score (nSPS) is 10.2. The van der Waals surface area contributed by atoms with Crippen LogP contribution >= 0.6 is 11.8 Å². The van der Waals surface area contributed by atoms with Gasteiger partial charge in [0, 0.05) is 0 Å². The van der Waals surface area contributed by atoms with E-state index >= 15 is 0 Å². The van der Waals surface area contributed by atoms with Crippen LogP contribution in [0.25, 0.3) is 0 Å². The van der Waals surface area contributed by atoms with Gasteiger partial charge in [0.25, 0.3) is 0 Å². The molecule has 0 saturated carbocycles. The van der Waals surface area contributed by atoms with E-state index in [1.165, 1.54) is 11.8 Å². The van der Waals surface area contributed by atoms with Crippen LogP contribution in [0.1, 0.15) is 0 Å². The fourth-order valence-electron chi connectivity index (χ4n) is 0.627. The number of aromatic nitrogens is 2. The highest BCUT2D eigenvalue weighted by atomic mass is 32.2. The molecule has 4 nitrogen and oxygen atoms in total. The SMILES string of the molecule is c1nocc1Sc1cnoc1. The minimum absolute atomic E-state index is 0.938. The minimum atomic E-state index is 0.938. The van der Waals surface area contributed by atoms with Gasteiger partial charge in [-0.25, -0.2) is 0 Å². The van der Waals surface area contributed by atoms with Crippen LogP contribution < -0.4 is 0 Å². The summed E-state index contributed by atoms with van der Waals surface area (Å²) in [5.74, 6) is 0. The summed E-state index contributed by atoms with van der Waals surface area (Å²) < 4.78 is 9.28. The molecule has 2 aromatic rings. The van der Waals surface area contributed by atoms with Crippen molar-refractivity contribution in [2.45, 2.75) is 9.79 Å².